The number of halogens is 1. The second-order valence-corrected chi connectivity index (χ2v) is 4.53. The molecule has 0 heterocycles. The zero-order chi connectivity index (χ0) is 12.3. The Labute approximate surface area is 105 Å². The van der Waals surface area contributed by atoms with Gasteiger partial charge in [0.15, 0.2) is 0 Å². The van der Waals surface area contributed by atoms with Gasteiger partial charge >= 0.3 is 0 Å². The van der Waals surface area contributed by atoms with Gasteiger partial charge in [-0.2, -0.15) is 0 Å². The van der Waals surface area contributed by atoms with E-state index in [0.29, 0.717) is 12.2 Å². The summed E-state index contributed by atoms with van der Waals surface area (Å²) in [4.78, 5) is 13.5. The Kier molecular flexibility index (Phi) is 4.35. The maximum atomic E-state index is 12.0. The highest BCUT2D eigenvalue weighted by molar-refractivity contribution is 9.10. The zero-order valence-corrected chi connectivity index (χ0v) is 11.6. The number of carbonyl (C=O) groups is 1. The summed E-state index contributed by atoms with van der Waals surface area (Å²) in [5, 5.41) is 0. The van der Waals surface area contributed by atoms with Crippen molar-refractivity contribution in [2.45, 2.75) is 13.8 Å². The van der Waals surface area contributed by atoms with Gasteiger partial charge in [0, 0.05) is 24.1 Å². The molecule has 0 aliphatic heterocycles. The number of carbonyl (C=O) groups excluding carboxylic acids is 1. The highest BCUT2D eigenvalue weighted by atomic mass is 79.9. The molecule has 1 aromatic carbocycles. The fraction of sp³-hybridized carbons (Fsp3) is 0.417. The first-order valence-corrected chi connectivity index (χ1v) is 5.91. The van der Waals surface area contributed by atoms with Crippen LogP contribution in [0.25, 0.3) is 0 Å². The molecule has 0 atom stereocenters. The van der Waals surface area contributed by atoms with Crippen LogP contribution in [0.3, 0.4) is 0 Å². The third-order valence-electron chi connectivity index (χ3n) is 2.28. The standard InChI is InChI=1S/C12H16BrNO2/c1-5-16-10-7-6-9(13)11(8(10)2)12(15)14(3)4/h6-7H,5H2,1-4H3. The Bertz CT molecular complexity index is 402. The summed E-state index contributed by atoms with van der Waals surface area (Å²) in [5.41, 5.74) is 1.53. The summed E-state index contributed by atoms with van der Waals surface area (Å²) in [7, 11) is 3.48. The second-order valence-electron chi connectivity index (χ2n) is 3.68. The van der Waals surface area contributed by atoms with Gasteiger partial charge in [-0.1, -0.05) is 0 Å². The molecule has 0 aliphatic rings. The van der Waals surface area contributed by atoms with Crippen LogP contribution in [0.5, 0.6) is 5.75 Å². The number of amides is 1. The molecule has 4 heteroatoms. The Balaban J connectivity index is 3.26. The van der Waals surface area contributed by atoms with Crippen LogP contribution in [-0.2, 0) is 0 Å². The number of nitrogens with zero attached hydrogens (tertiary/aromatic N) is 1. The van der Waals surface area contributed by atoms with Gasteiger partial charge in [-0.15, -0.1) is 0 Å². The van der Waals surface area contributed by atoms with Gasteiger partial charge in [-0.3, -0.25) is 4.79 Å². The lowest BCUT2D eigenvalue weighted by Crippen LogP contribution is -2.23. The summed E-state index contributed by atoms with van der Waals surface area (Å²) in [6.45, 7) is 4.42. The van der Waals surface area contributed by atoms with E-state index in [1.165, 1.54) is 0 Å². The lowest BCUT2D eigenvalue weighted by Gasteiger charge is -2.16. The lowest BCUT2D eigenvalue weighted by molar-refractivity contribution is 0.0825. The predicted molar refractivity (Wildman–Crippen MR) is 68.1 cm³/mol. The molecule has 0 saturated heterocycles. The van der Waals surface area contributed by atoms with Crippen molar-refractivity contribution < 1.29 is 9.53 Å². The van der Waals surface area contributed by atoms with E-state index >= 15 is 0 Å². The predicted octanol–water partition coefficient (Wildman–Crippen LogP) is 2.86. The van der Waals surface area contributed by atoms with E-state index in [4.69, 9.17) is 4.74 Å². The maximum Gasteiger partial charge on any atom is 0.254 e. The van der Waals surface area contributed by atoms with E-state index in [1.807, 2.05) is 26.0 Å². The minimum absolute atomic E-state index is 0.0223. The van der Waals surface area contributed by atoms with E-state index < -0.39 is 0 Å². The quantitative estimate of drug-likeness (QED) is 0.855. The highest BCUT2D eigenvalue weighted by Gasteiger charge is 2.17. The molecule has 1 amide bonds. The third-order valence-corrected chi connectivity index (χ3v) is 2.95. The maximum absolute atomic E-state index is 12.0. The summed E-state index contributed by atoms with van der Waals surface area (Å²) in [5.74, 6) is 0.738. The number of rotatable bonds is 3. The molecule has 0 saturated carbocycles. The topological polar surface area (TPSA) is 29.5 Å². The van der Waals surface area contributed by atoms with Crippen molar-refractivity contribution in [1.82, 2.24) is 4.90 Å². The van der Waals surface area contributed by atoms with E-state index in [0.717, 1.165) is 15.8 Å². The van der Waals surface area contributed by atoms with Crippen molar-refractivity contribution in [3.05, 3.63) is 27.7 Å². The van der Waals surface area contributed by atoms with Crippen LogP contribution >= 0.6 is 15.9 Å². The van der Waals surface area contributed by atoms with Gasteiger partial charge in [-0.25, -0.2) is 0 Å². The SMILES string of the molecule is CCOc1ccc(Br)c(C(=O)N(C)C)c1C. The van der Waals surface area contributed by atoms with E-state index in [1.54, 1.807) is 19.0 Å². The molecule has 0 fully saturated rings. The number of hydrogen-bond acceptors (Lipinski definition) is 2. The number of benzene rings is 1. The van der Waals surface area contributed by atoms with Gasteiger partial charge < -0.3 is 9.64 Å². The molecule has 16 heavy (non-hydrogen) atoms. The second kappa shape index (κ2) is 5.34. The van der Waals surface area contributed by atoms with Crippen molar-refractivity contribution in [3.63, 3.8) is 0 Å². The van der Waals surface area contributed by atoms with Crippen LogP contribution in [0.4, 0.5) is 0 Å². The van der Waals surface area contributed by atoms with Crippen molar-refractivity contribution in [2.75, 3.05) is 20.7 Å². The highest BCUT2D eigenvalue weighted by Crippen LogP contribution is 2.29. The van der Waals surface area contributed by atoms with Crippen LogP contribution in [0, 0.1) is 6.92 Å². The van der Waals surface area contributed by atoms with Gasteiger partial charge in [0.25, 0.3) is 5.91 Å². The molecule has 0 unspecified atom stereocenters. The first-order valence-electron chi connectivity index (χ1n) is 5.12. The van der Waals surface area contributed by atoms with Crippen LogP contribution in [-0.4, -0.2) is 31.5 Å². The molecule has 3 nitrogen and oxygen atoms in total. The molecule has 0 bridgehead atoms. The molecular formula is C12H16BrNO2. The van der Waals surface area contributed by atoms with Gasteiger partial charge in [0.2, 0.25) is 0 Å². The third kappa shape index (κ3) is 2.55. The van der Waals surface area contributed by atoms with Crippen LogP contribution in [0.2, 0.25) is 0 Å². The normalized spacial score (nSPS) is 10.1. The van der Waals surface area contributed by atoms with Crippen molar-refractivity contribution in [2.24, 2.45) is 0 Å². The zero-order valence-electron chi connectivity index (χ0n) is 10.0. The summed E-state index contributed by atoms with van der Waals surface area (Å²) in [6, 6.07) is 3.71. The van der Waals surface area contributed by atoms with E-state index in [-0.39, 0.29) is 5.91 Å². The smallest absolute Gasteiger partial charge is 0.254 e. The Hall–Kier alpha value is -1.03. The minimum Gasteiger partial charge on any atom is -0.494 e. The molecule has 0 radical (unpaired) electrons. The fourth-order valence-electron chi connectivity index (χ4n) is 1.46. The largest absolute Gasteiger partial charge is 0.494 e. The van der Waals surface area contributed by atoms with Gasteiger partial charge in [0.1, 0.15) is 5.75 Å². The molecule has 0 spiro atoms. The monoisotopic (exact) mass is 285 g/mol. The van der Waals surface area contributed by atoms with Crippen molar-refractivity contribution in [3.8, 4) is 5.75 Å². The van der Waals surface area contributed by atoms with Crippen LogP contribution < -0.4 is 4.74 Å². The lowest BCUT2D eigenvalue weighted by atomic mass is 10.1. The Morgan fingerprint density at radius 3 is 2.56 bits per heavy atom. The molecule has 0 aromatic heterocycles. The molecular weight excluding hydrogens is 270 g/mol. The van der Waals surface area contributed by atoms with Gasteiger partial charge in [-0.05, 0) is 41.9 Å². The summed E-state index contributed by atoms with van der Waals surface area (Å²) < 4.78 is 6.27. The molecule has 0 aliphatic carbocycles. The molecule has 0 N–H and O–H groups in total. The van der Waals surface area contributed by atoms with Crippen LogP contribution in [0.15, 0.2) is 16.6 Å². The van der Waals surface area contributed by atoms with Gasteiger partial charge in [0.05, 0.1) is 12.2 Å². The molecule has 88 valence electrons. The minimum atomic E-state index is -0.0223. The van der Waals surface area contributed by atoms with Crippen LogP contribution in [0.1, 0.15) is 22.8 Å². The molecule has 1 rings (SSSR count). The summed E-state index contributed by atoms with van der Waals surface area (Å²) in [6.07, 6.45) is 0. The average Bonchev–Trinajstić information content (AvgIpc) is 2.22. The molecule has 1 aromatic rings. The van der Waals surface area contributed by atoms with Crippen molar-refractivity contribution >= 4 is 21.8 Å². The van der Waals surface area contributed by atoms with E-state index in [9.17, 15) is 4.79 Å². The summed E-state index contributed by atoms with van der Waals surface area (Å²) >= 11 is 3.40. The Morgan fingerprint density at radius 2 is 2.06 bits per heavy atom. The number of hydrogen-bond donors (Lipinski definition) is 0. The fourth-order valence-corrected chi connectivity index (χ4v) is 2.06. The first-order chi connectivity index (χ1) is 7.49. The first kappa shape index (κ1) is 13.0. The number of ether oxygens (including phenoxy) is 1. The van der Waals surface area contributed by atoms with Crippen molar-refractivity contribution in [1.29, 1.82) is 0 Å². The average molecular weight is 286 g/mol. The van der Waals surface area contributed by atoms with E-state index in [2.05, 4.69) is 15.9 Å². The Morgan fingerprint density at radius 1 is 1.44 bits per heavy atom.